The molecule has 0 atom stereocenters. The molecule has 0 amide bonds. The number of rotatable bonds is 10. The Balaban J connectivity index is 1.24. The maximum atomic E-state index is 14.0. The average Bonchev–Trinajstić information content (AvgIpc) is 2.97. The SMILES string of the molecule is COc1ccccc1N1CCN(CCCN(CC2CCCCC2)S(=O)(=O)c2cccc3cccnc23)CC1. The van der Waals surface area contributed by atoms with Gasteiger partial charge in [-0.3, -0.25) is 9.88 Å². The normalized spacial score (nSPS) is 17.8. The monoisotopic (exact) mass is 536 g/mol. The van der Waals surface area contributed by atoms with Crippen LogP contribution in [-0.4, -0.2) is 75.5 Å². The summed E-state index contributed by atoms with van der Waals surface area (Å²) in [5.41, 5.74) is 1.71. The van der Waals surface area contributed by atoms with Crippen LogP contribution in [-0.2, 0) is 10.0 Å². The highest BCUT2D eigenvalue weighted by atomic mass is 32.2. The van der Waals surface area contributed by atoms with Gasteiger partial charge in [-0.25, -0.2) is 8.42 Å². The van der Waals surface area contributed by atoms with Crippen LogP contribution in [0.5, 0.6) is 5.75 Å². The summed E-state index contributed by atoms with van der Waals surface area (Å²) in [5.74, 6) is 1.35. The molecule has 5 rings (SSSR count). The molecule has 2 heterocycles. The summed E-state index contributed by atoms with van der Waals surface area (Å²) in [5, 5.41) is 0.860. The van der Waals surface area contributed by atoms with E-state index in [2.05, 4.69) is 26.9 Å². The number of para-hydroxylation sites is 3. The number of ether oxygens (including phenoxy) is 1. The van der Waals surface area contributed by atoms with Crippen LogP contribution in [0.15, 0.2) is 65.7 Å². The van der Waals surface area contributed by atoms with E-state index in [4.69, 9.17) is 4.74 Å². The van der Waals surface area contributed by atoms with Crippen LogP contribution >= 0.6 is 0 Å². The average molecular weight is 537 g/mol. The zero-order valence-corrected chi connectivity index (χ0v) is 23.3. The third kappa shape index (κ3) is 6.14. The topological polar surface area (TPSA) is 66.0 Å². The predicted molar refractivity (Wildman–Crippen MR) is 153 cm³/mol. The van der Waals surface area contributed by atoms with Crippen LogP contribution < -0.4 is 9.64 Å². The standard InChI is InChI=1S/C30H40N4O3S/c1-37-28-15-6-5-14-27(28)33-22-20-32(21-23-33)18-9-19-34(24-25-10-3-2-4-11-25)38(35,36)29-16-7-12-26-13-8-17-31-30(26)29/h5-8,12-17,25H,2-4,9-11,18-24H2,1H3. The van der Waals surface area contributed by atoms with Gasteiger partial charge in [0, 0.05) is 50.9 Å². The first kappa shape index (κ1) is 26.9. The molecule has 0 N–H and O–H groups in total. The molecule has 1 saturated heterocycles. The van der Waals surface area contributed by atoms with E-state index in [0.717, 1.165) is 68.8 Å². The smallest absolute Gasteiger partial charge is 0.245 e. The van der Waals surface area contributed by atoms with Gasteiger partial charge < -0.3 is 9.64 Å². The molecule has 2 fully saturated rings. The number of nitrogens with zero attached hydrogens (tertiary/aromatic N) is 4. The van der Waals surface area contributed by atoms with E-state index in [1.807, 2.05) is 36.4 Å². The molecular formula is C30H40N4O3S. The first-order valence-electron chi connectivity index (χ1n) is 14.0. The summed E-state index contributed by atoms with van der Waals surface area (Å²) in [6, 6.07) is 17.4. The lowest BCUT2D eigenvalue weighted by Gasteiger charge is -2.37. The number of benzene rings is 2. The molecule has 0 unspecified atom stereocenters. The third-order valence-electron chi connectivity index (χ3n) is 8.08. The summed E-state index contributed by atoms with van der Waals surface area (Å²) >= 11 is 0. The summed E-state index contributed by atoms with van der Waals surface area (Å²) in [4.78, 5) is 9.61. The van der Waals surface area contributed by atoms with Crippen molar-refractivity contribution >= 4 is 26.6 Å². The second-order valence-electron chi connectivity index (χ2n) is 10.6. The Morgan fingerprint density at radius 1 is 0.947 bits per heavy atom. The van der Waals surface area contributed by atoms with Gasteiger partial charge in [-0.2, -0.15) is 4.31 Å². The van der Waals surface area contributed by atoms with Crippen LogP contribution in [0, 0.1) is 5.92 Å². The summed E-state index contributed by atoms with van der Waals surface area (Å²) in [6.07, 6.45) is 8.39. The highest BCUT2D eigenvalue weighted by Gasteiger charge is 2.30. The van der Waals surface area contributed by atoms with Crippen molar-refractivity contribution in [3.05, 3.63) is 60.8 Å². The van der Waals surface area contributed by atoms with Crippen molar-refractivity contribution in [1.82, 2.24) is 14.2 Å². The Bertz CT molecular complexity index is 1300. The fraction of sp³-hybridized carbons (Fsp3) is 0.500. The molecule has 38 heavy (non-hydrogen) atoms. The lowest BCUT2D eigenvalue weighted by molar-refractivity contribution is 0.233. The summed E-state index contributed by atoms with van der Waals surface area (Å²) < 4.78 is 35.3. The number of anilines is 1. The van der Waals surface area contributed by atoms with Crippen LogP contribution in [0.2, 0.25) is 0 Å². The van der Waals surface area contributed by atoms with Crippen LogP contribution in [0.3, 0.4) is 0 Å². The molecule has 8 heteroatoms. The molecule has 2 aliphatic rings. The zero-order valence-electron chi connectivity index (χ0n) is 22.5. The molecular weight excluding hydrogens is 496 g/mol. The molecule has 1 saturated carbocycles. The Morgan fingerprint density at radius 3 is 2.50 bits per heavy atom. The molecule has 1 aliphatic carbocycles. The Kier molecular flexibility index (Phi) is 8.82. The van der Waals surface area contributed by atoms with Crippen molar-refractivity contribution in [1.29, 1.82) is 0 Å². The van der Waals surface area contributed by atoms with E-state index in [1.165, 1.54) is 19.3 Å². The molecule has 0 bridgehead atoms. The maximum Gasteiger partial charge on any atom is 0.245 e. The molecule has 3 aromatic rings. The minimum absolute atomic E-state index is 0.330. The van der Waals surface area contributed by atoms with Crippen molar-refractivity contribution in [3.8, 4) is 5.75 Å². The van der Waals surface area contributed by atoms with Gasteiger partial charge in [-0.1, -0.05) is 49.6 Å². The Morgan fingerprint density at radius 2 is 1.71 bits per heavy atom. The zero-order chi connectivity index (χ0) is 26.4. The lowest BCUT2D eigenvalue weighted by Crippen LogP contribution is -2.47. The molecule has 1 aliphatic heterocycles. The predicted octanol–water partition coefficient (Wildman–Crippen LogP) is 5.03. The van der Waals surface area contributed by atoms with Gasteiger partial charge in [-0.05, 0) is 56.0 Å². The Labute approximate surface area is 227 Å². The molecule has 1 aromatic heterocycles. The minimum Gasteiger partial charge on any atom is -0.495 e. The van der Waals surface area contributed by atoms with E-state index in [9.17, 15) is 8.42 Å². The van der Waals surface area contributed by atoms with E-state index >= 15 is 0 Å². The highest BCUT2D eigenvalue weighted by molar-refractivity contribution is 7.89. The van der Waals surface area contributed by atoms with Crippen LogP contribution in [0.1, 0.15) is 38.5 Å². The second kappa shape index (κ2) is 12.5. The maximum absolute atomic E-state index is 14.0. The number of piperazine rings is 1. The number of hydrogen-bond acceptors (Lipinski definition) is 6. The van der Waals surface area contributed by atoms with Gasteiger partial charge in [0.1, 0.15) is 10.6 Å². The molecule has 2 aromatic carbocycles. The van der Waals surface area contributed by atoms with Crippen molar-refractivity contribution < 1.29 is 13.2 Å². The van der Waals surface area contributed by atoms with Crippen molar-refractivity contribution in [2.24, 2.45) is 5.92 Å². The summed E-state index contributed by atoms with van der Waals surface area (Å²) in [7, 11) is -1.93. The molecule has 7 nitrogen and oxygen atoms in total. The van der Waals surface area contributed by atoms with Gasteiger partial charge in [0.15, 0.2) is 0 Å². The lowest BCUT2D eigenvalue weighted by atomic mass is 9.89. The fourth-order valence-corrected chi connectivity index (χ4v) is 7.68. The van der Waals surface area contributed by atoms with Gasteiger partial charge in [-0.15, -0.1) is 0 Å². The number of fused-ring (bicyclic) bond motifs is 1. The molecule has 0 spiro atoms. The second-order valence-corrected chi connectivity index (χ2v) is 12.5. The van der Waals surface area contributed by atoms with Gasteiger partial charge >= 0.3 is 0 Å². The largest absolute Gasteiger partial charge is 0.495 e. The first-order chi connectivity index (χ1) is 18.6. The van der Waals surface area contributed by atoms with E-state index in [-0.39, 0.29) is 0 Å². The van der Waals surface area contributed by atoms with E-state index in [0.29, 0.717) is 29.4 Å². The number of methoxy groups -OCH3 is 1. The molecule has 0 radical (unpaired) electrons. The number of aromatic nitrogens is 1. The van der Waals surface area contributed by atoms with Crippen LogP contribution in [0.25, 0.3) is 10.9 Å². The van der Waals surface area contributed by atoms with Crippen molar-refractivity contribution in [3.63, 3.8) is 0 Å². The minimum atomic E-state index is -3.65. The molecule has 204 valence electrons. The quantitative estimate of drug-likeness (QED) is 0.362. The fourth-order valence-electron chi connectivity index (χ4n) is 5.96. The number of pyridine rings is 1. The Hall–Kier alpha value is -2.68. The number of sulfonamides is 1. The van der Waals surface area contributed by atoms with Gasteiger partial charge in [0.2, 0.25) is 10.0 Å². The summed E-state index contributed by atoms with van der Waals surface area (Å²) in [6.45, 7) is 5.83. The van der Waals surface area contributed by atoms with E-state index < -0.39 is 10.0 Å². The highest BCUT2D eigenvalue weighted by Crippen LogP contribution is 2.30. The number of hydrogen-bond donors (Lipinski definition) is 0. The first-order valence-corrected chi connectivity index (χ1v) is 15.4. The van der Waals surface area contributed by atoms with Crippen molar-refractivity contribution in [2.75, 3.05) is 57.8 Å². The van der Waals surface area contributed by atoms with Crippen LogP contribution in [0.4, 0.5) is 5.69 Å². The van der Waals surface area contributed by atoms with Gasteiger partial charge in [0.05, 0.1) is 18.3 Å². The third-order valence-corrected chi connectivity index (χ3v) is 9.98. The van der Waals surface area contributed by atoms with Gasteiger partial charge in [0.25, 0.3) is 0 Å². The van der Waals surface area contributed by atoms with Crippen molar-refractivity contribution in [2.45, 2.75) is 43.4 Å². The van der Waals surface area contributed by atoms with E-state index in [1.54, 1.807) is 23.7 Å².